The Morgan fingerprint density at radius 1 is 1.50 bits per heavy atom. The molecule has 3 N–H and O–H groups in total. The van der Waals surface area contributed by atoms with E-state index in [1.54, 1.807) is 0 Å². The summed E-state index contributed by atoms with van der Waals surface area (Å²) in [6, 6.07) is 0.388. The van der Waals surface area contributed by atoms with Crippen LogP contribution in [0.3, 0.4) is 0 Å². The van der Waals surface area contributed by atoms with Crippen molar-refractivity contribution in [2.24, 2.45) is 11.1 Å². The molecule has 2 heterocycles. The van der Waals surface area contributed by atoms with E-state index in [2.05, 4.69) is 5.32 Å². The molecule has 1 spiro atoms. The number of rotatable bonds is 4. The molecular formula is C13H24N2O3. The van der Waals surface area contributed by atoms with Gasteiger partial charge in [-0.1, -0.05) is 0 Å². The Bertz CT molecular complexity index is 311. The first kappa shape index (κ1) is 13.8. The van der Waals surface area contributed by atoms with Crippen molar-refractivity contribution in [3.63, 3.8) is 0 Å². The van der Waals surface area contributed by atoms with Crippen LogP contribution in [0.25, 0.3) is 0 Å². The summed E-state index contributed by atoms with van der Waals surface area (Å²) in [5.41, 5.74) is 4.79. The van der Waals surface area contributed by atoms with E-state index >= 15 is 0 Å². The molecule has 2 aliphatic heterocycles. The van der Waals surface area contributed by atoms with Gasteiger partial charge in [0.1, 0.15) is 0 Å². The standard InChI is InChI=1S/C13H24N2O3/c1-12(2,11(14)16)8-15-10-3-5-18-13(7-10)4-6-17-9-13/h10,15H,3-9H2,1-2H3,(H2,14,16). The molecule has 2 atom stereocenters. The van der Waals surface area contributed by atoms with Crippen LogP contribution in [-0.2, 0) is 14.3 Å². The summed E-state index contributed by atoms with van der Waals surface area (Å²) >= 11 is 0. The van der Waals surface area contributed by atoms with Crippen LogP contribution in [0.4, 0.5) is 0 Å². The number of ether oxygens (including phenoxy) is 2. The van der Waals surface area contributed by atoms with Gasteiger partial charge in [0.2, 0.25) is 5.91 Å². The van der Waals surface area contributed by atoms with Crippen molar-refractivity contribution in [1.82, 2.24) is 5.32 Å². The topological polar surface area (TPSA) is 73.6 Å². The lowest BCUT2D eigenvalue weighted by Crippen LogP contribution is -2.50. The summed E-state index contributed by atoms with van der Waals surface area (Å²) in [5, 5.41) is 3.46. The molecule has 0 aromatic rings. The van der Waals surface area contributed by atoms with Gasteiger partial charge in [-0.3, -0.25) is 4.79 Å². The lowest BCUT2D eigenvalue weighted by molar-refractivity contribution is -0.126. The fourth-order valence-electron chi connectivity index (χ4n) is 2.55. The molecule has 5 nitrogen and oxygen atoms in total. The predicted octanol–water partition coefficient (Wildman–Crippen LogP) is 0.426. The van der Waals surface area contributed by atoms with E-state index in [9.17, 15) is 4.79 Å². The van der Waals surface area contributed by atoms with Crippen LogP contribution in [0, 0.1) is 5.41 Å². The maximum absolute atomic E-state index is 11.3. The molecule has 5 heteroatoms. The van der Waals surface area contributed by atoms with Crippen LogP contribution in [0.15, 0.2) is 0 Å². The van der Waals surface area contributed by atoms with E-state index in [-0.39, 0.29) is 11.5 Å². The quantitative estimate of drug-likeness (QED) is 0.765. The van der Waals surface area contributed by atoms with E-state index < -0.39 is 5.41 Å². The van der Waals surface area contributed by atoms with Gasteiger partial charge in [0.05, 0.1) is 17.6 Å². The highest BCUT2D eigenvalue weighted by atomic mass is 16.6. The van der Waals surface area contributed by atoms with Crippen molar-refractivity contribution < 1.29 is 14.3 Å². The van der Waals surface area contributed by atoms with E-state index in [0.717, 1.165) is 32.5 Å². The fraction of sp³-hybridized carbons (Fsp3) is 0.923. The summed E-state index contributed by atoms with van der Waals surface area (Å²) in [6.45, 7) is 6.61. The molecule has 18 heavy (non-hydrogen) atoms. The third-order valence-corrected chi connectivity index (χ3v) is 4.06. The second-order valence-corrected chi connectivity index (χ2v) is 6.15. The summed E-state index contributed by atoms with van der Waals surface area (Å²) < 4.78 is 11.3. The Hall–Kier alpha value is -0.650. The minimum absolute atomic E-state index is 0.0905. The third-order valence-electron chi connectivity index (χ3n) is 4.06. The van der Waals surface area contributed by atoms with Crippen LogP contribution < -0.4 is 11.1 Å². The molecule has 0 aromatic carbocycles. The molecule has 2 saturated heterocycles. The lowest BCUT2D eigenvalue weighted by atomic mass is 9.88. The smallest absolute Gasteiger partial charge is 0.224 e. The average Bonchev–Trinajstić information content (AvgIpc) is 2.75. The Morgan fingerprint density at radius 3 is 2.89 bits per heavy atom. The summed E-state index contributed by atoms with van der Waals surface area (Å²) in [4.78, 5) is 11.3. The van der Waals surface area contributed by atoms with Crippen LogP contribution in [0.2, 0.25) is 0 Å². The lowest BCUT2D eigenvalue weighted by Gasteiger charge is -2.38. The molecule has 0 radical (unpaired) electrons. The van der Waals surface area contributed by atoms with Crippen molar-refractivity contribution >= 4 is 5.91 Å². The van der Waals surface area contributed by atoms with E-state index in [1.165, 1.54) is 0 Å². The van der Waals surface area contributed by atoms with Gasteiger partial charge in [0, 0.05) is 32.2 Å². The number of nitrogens with two attached hydrogens (primary N) is 1. The van der Waals surface area contributed by atoms with Crippen molar-refractivity contribution in [1.29, 1.82) is 0 Å². The highest BCUT2D eigenvalue weighted by molar-refractivity contribution is 5.80. The van der Waals surface area contributed by atoms with Gasteiger partial charge in [0.25, 0.3) is 0 Å². The van der Waals surface area contributed by atoms with Crippen LogP contribution in [0.5, 0.6) is 0 Å². The second-order valence-electron chi connectivity index (χ2n) is 6.15. The maximum atomic E-state index is 11.3. The zero-order valence-electron chi connectivity index (χ0n) is 11.3. The van der Waals surface area contributed by atoms with E-state index in [4.69, 9.17) is 15.2 Å². The average molecular weight is 256 g/mol. The van der Waals surface area contributed by atoms with Crippen molar-refractivity contribution in [3.8, 4) is 0 Å². The Labute approximate surface area is 108 Å². The van der Waals surface area contributed by atoms with Gasteiger partial charge in [-0.25, -0.2) is 0 Å². The van der Waals surface area contributed by atoms with Gasteiger partial charge < -0.3 is 20.5 Å². The van der Waals surface area contributed by atoms with Crippen LogP contribution >= 0.6 is 0 Å². The van der Waals surface area contributed by atoms with Crippen molar-refractivity contribution in [2.75, 3.05) is 26.4 Å². The number of primary amides is 1. The van der Waals surface area contributed by atoms with E-state index in [0.29, 0.717) is 19.2 Å². The van der Waals surface area contributed by atoms with Crippen molar-refractivity contribution in [2.45, 2.75) is 44.8 Å². The zero-order valence-corrected chi connectivity index (χ0v) is 11.3. The molecular weight excluding hydrogens is 232 g/mol. The number of nitrogens with one attached hydrogen (secondary N) is 1. The molecule has 2 unspecified atom stereocenters. The third kappa shape index (κ3) is 3.02. The minimum Gasteiger partial charge on any atom is -0.378 e. The number of amides is 1. The second kappa shape index (κ2) is 5.15. The number of carbonyl (C=O) groups is 1. The number of hydrogen-bond donors (Lipinski definition) is 2. The molecule has 1 amide bonds. The predicted molar refractivity (Wildman–Crippen MR) is 68.1 cm³/mol. The monoisotopic (exact) mass is 256 g/mol. The zero-order chi connectivity index (χ0) is 13.2. The maximum Gasteiger partial charge on any atom is 0.224 e. The summed E-state index contributed by atoms with van der Waals surface area (Å²) in [6.07, 6.45) is 2.92. The van der Waals surface area contributed by atoms with Crippen molar-refractivity contribution in [3.05, 3.63) is 0 Å². The molecule has 2 fully saturated rings. The van der Waals surface area contributed by atoms with Gasteiger partial charge in [-0.05, 0) is 26.7 Å². The highest BCUT2D eigenvalue weighted by Crippen LogP contribution is 2.33. The molecule has 0 aliphatic carbocycles. The van der Waals surface area contributed by atoms with Gasteiger partial charge in [-0.2, -0.15) is 0 Å². The molecule has 104 valence electrons. The number of carbonyl (C=O) groups excluding carboxylic acids is 1. The first-order valence-corrected chi connectivity index (χ1v) is 6.69. The summed E-state index contributed by atoms with van der Waals surface area (Å²) in [7, 11) is 0. The van der Waals surface area contributed by atoms with Crippen LogP contribution in [0.1, 0.15) is 33.1 Å². The Morgan fingerprint density at radius 2 is 2.28 bits per heavy atom. The fourth-order valence-corrected chi connectivity index (χ4v) is 2.55. The molecule has 0 saturated carbocycles. The van der Waals surface area contributed by atoms with Gasteiger partial charge in [0.15, 0.2) is 0 Å². The Kier molecular flexibility index (Phi) is 3.94. The first-order chi connectivity index (χ1) is 8.44. The first-order valence-electron chi connectivity index (χ1n) is 6.69. The van der Waals surface area contributed by atoms with Gasteiger partial charge >= 0.3 is 0 Å². The molecule has 2 rings (SSSR count). The largest absolute Gasteiger partial charge is 0.378 e. The number of hydrogen-bond acceptors (Lipinski definition) is 4. The molecule has 2 aliphatic rings. The van der Waals surface area contributed by atoms with Gasteiger partial charge in [-0.15, -0.1) is 0 Å². The Balaban J connectivity index is 1.85. The molecule has 0 aromatic heterocycles. The highest BCUT2D eigenvalue weighted by Gasteiger charge is 2.41. The van der Waals surface area contributed by atoms with E-state index in [1.807, 2.05) is 13.8 Å². The van der Waals surface area contributed by atoms with Crippen LogP contribution in [-0.4, -0.2) is 43.9 Å². The normalized spacial score (nSPS) is 32.9. The summed E-state index contributed by atoms with van der Waals surface area (Å²) in [5.74, 6) is -0.263. The molecule has 0 bridgehead atoms. The minimum atomic E-state index is -0.502. The SMILES string of the molecule is CC(C)(CNC1CCOC2(CCOC2)C1)C(N)=O.